The Morgan fingerprint density at radius 3 is 2.22 bits per heavy atom. The highest BCUT2D eigenvalue weighted by Gasteiger charge is 2.22. The van der Waals surface area contributed by atoms with Crippen LogP contribution in [0.25, 0.3) is 0 Å². The highest BCUT2D eigenvalue weighted by molar-refractivity contribution is 14.0. The van der Waals surface area contributed by atoms with Crippen LogP contribution in [0.15, 0.2) is 4.99 Å². The molecule has 2 N–H and O–H groups in total. The summed E-state index contributed by atoms with van der Waals surface area (Å²) in [5.41, 5.74) is 0. The van der Waals surface area contributed by atoms with Gasteiger partial charge in [0, 0.05) is 32.2 Å². The van der Waals surface area contributed by atoms with Crippen LogP contribution in [0.5, 0.6) is 0 Å². The van der Waals surface area contributed by atoms with E-state index in [1.807, 2.05) is 4.90 Å². The Bertz CT molecular complexity index is 409. The van der Waals surface area contributed by atoms with Gasteiger partial charge in [-0.25, -0.2) is 8.78 Å². The van der Waals surface area contributed by atoms with E-state index >= 15 is 0 Å². The van der Waals surface area contributed by atoms with Crippen molar-refractivity contribution in [2.75, 3.05) is 52.4 Å². The van der Waals surface area contributed by atoms with Gasteiger partial charge in [0.15, 0.2) is 5.96 Å². The molecule has 2 heterocycles. The first kappa shape index (κ1) is 24.8. The summed E-state index contributed by atoms with van der Waals surface area (Å²) in [6.45, 7) is 11.0. The Morgan fingerprint density at radius 2 is 1.67 bits per heavy atom. The average Bonchev–Trinajstić information content (AvgIpc) is 2.63. The minimum Gasteiger partial charge on any atom is -0.357 e. The van der Waals surface area contributed by atoms with Crippen LogP contribution in [0, 0.1) is 5.92 Å². The van der Waals surface area contributed by atoms with Gasteiger partial charge in [0.05, 0.1) is 6.54 Å². The number of aliphatic imine (C=N–C) groups is 1. The third kappa shape index (κ3) is 9.69. The molecule has 5 nitrogen and oxygen atoms in total. The molecule has 0 aliphatic carbocycles. The average molecular weight is 501 g/mol. The lowest BCUT2D eigenvalue weighted by Crippen LogP contribution is -2.49. The topological polar surface area (TPSA) is 42.9 Å². The number of likely N-dealkylation sites (tertiary alicyclic amines) is 2. The number of hydrogen-bond donors (Lipinski definition) is 2. The van der Waals surface area contributed by atoms with E-state index in [9.17, 15) is 8.78 Å². The fourth-order valence-electron chi connectivity index (χ4n) is 3.92. The highest BCUT2D eigenvalue weighted by atomic mass is 127. The van der Waals surface area contributed by atoms with Crippen molar-refractivity contribution in [3.05, 3.63) is 0 Å². The van der Waals surface area contributed by atoms with Gasteiger partial charge in [-0.15, -0.1) is 24.0 Å². The van der Waals surface area contributed by atoms with Gasteiger partial charge in [0.2, 0.25) is 0 Å². The van der Waals surface area contributed by atoms with Crippen LogP contribution in [0.3, 0.4) is 0 Å². The van der Waals surface area contributed by atoms with Gasteiger partial charge in [-0.05, 0) is 64.6 Å². The molecule has 27 heavy (non-hydrogen) atoms. The van der Waals surface area contributed by atoms with Crippen molar-refractivity contribution in [1.29, 1.82) is 0 Å². The number of alkyl halides is 2. The lowest BCUT2D eigenvalue weighted by molar-refractivity contribution is 0.0744. The summed E-state index contributed by atoms with van der Waals surface area (Å²) in [6, 6.07) is 0.328. The quantitative estimate of drug-likeness (QED) is 0.305. The van der Waals surface area contributed by atoms with Crippen LogP contribution in [-0.2, 0) is 0 Å². The molecule has 0 unspecified atom stereocenters. The maximum Gasteiger partial charge on any atom is 0.251 e. The van der Waals surface area contributed by atoms with E-state index in [4.69, 9.17) is 4.99 Å². The zero-order chi connectivity index (χ0) is 18.8. The van der Waals surface area contributed by atoms with Crippen LogP contribution in [0.1, 0.15) is 46.0 Å². The summed E-state index contributed by atoms with van der Waals surface area (Å²) in [5.74, 6) is 1.67. The second kappa shape index (κ2) is 13.9. The Hall–Kier alpha value is -0.220. The predicted octanol–water partition coefficient (Wildman–Crippen LogP) is 3.01. The van der Waals surface area contributed by atoms with Crippen LogP contribution in [-0.4, -0.2) is 80.6 Å². The number of halogens is 3. The summed E-state index contributed by atoms with van der Waals surface area (Å²) in [5, 5.41) is 6.83. The minimum atomic E-state index is -2.23. The van der Waals surface area contributed by atoms with Gasteiger partial charge in [0.25, 0.3) is 6.43 Å². The van der Waals surface area contributed by atoms with Gasteiger partial charge in [0.1, 0.15) is 0 Å². The summed E-state index contributed by atoms with van der Waals surface area (Å²) in [7, 11) is 0. The summed E-state index contributed by atoms with van der Waals surface area (Å²) in [6.07, 6.45) is 3.29. The van der Waals surface area contributed by atoms with Gasteiger partial charge >= 0.3 is 0 Å². The van der Waals surface area contributed by atoms with E-state index in [0.717, 1.165) is 63.9 Å². The number of hydrogen-bond acceptors (Lipinski definition) is 3. The van der Waals surface area contributed by atoms with Gasteiger partial charge < -0.3 is 15.5 Å². The van der Waals surface area contributed by atoms with E-state index in [1.54, 1.807) is 0 Å². The first-order valence-electron chi connectivity index (χ1n) is 10.4. The second-order valence-electron chi connectivity index (χ2n) is 7.54. The number of nitrogens with zero attached hydrogens (tertiary/aromatic N) is 3. The summed E-state index contributed by atoms with van der Waals surface area (Å²) in [4.78, 5) is 9.13. The highest BCUT2D eigenvalue weighted by Crippen LogP contribution is 2.20. The van der Waals surface area contributed by atoms with Gasteiger partial charge in [-0.2, -0.15) is 0 Å². The molecule has 2 aliphatic rings. The molecule has 0 bridgehead atoms. The molecule has 0 spiro atoms. The Kier molecular flexibility index (Phi) is 12.8. The number of guanidine groups is 1. The molecule has 2 fully saturated rings. The molecule has 0 aromatic rings. The maximum atomic E-state index is 12.5. The molecule has 0 saturated carbocycles. The molecular weight excluding hydrogens is 463 g/mol. The van der Waals surface area contributed by atoms with Gasteiger partial charge in [-0.3, -0.25) is 9.89 Å². The van der Waals surface area contributed by atoms with Crippen LogP contribution in [0.4, 0.5) is 8.78 Å². The normalized spacial score (nSPS) is 21.3. The zero-order valence-electron chi connectivity index (χ0n) is 16.9. The number of nitrogens with one attached hydrogen (secondary N) is 2. The zero-order valence-corrected chi connectivity index (χ0v) is 19.3. The van der Waals surface area contributed by atoms with Crippen molar-refractivity contribution >= 4 is 29.9 Å². The molecule has 0 radical (unpaired) electrons. The number of piperidine rings is 2. The smallest absolute Gasteiger partial charge is 0.251 e. The Labute approximate surface area is 180 Å². The Morgan fingerprint density at radius 1 is 1.04 bits per heavy atom. The van der Waals surface area contributed by atoms with Crippen molar-refractivity contribution in [2.45, 2.75) is 58.4 Å². The molecule has 0 aromatic heterocycles. The summed E-state index contributed by atoms with van der Waals surface area (Å²) < 4.78 is 24.9. The van der Waals surface area contributed by atoms with E-state index in [0.29, 0.717) is 6.04 Å². The molecule has 8 heteroatoms. The standard InChI is InChI=1S/C19H37F2N5.HI/c1-3-22-19(23-10-5-16-6-11-25(4-2)12-7-16)24-17-8-13-26(14-9-17)15-18(20)21;/h16-18H,3-15H2,1-2H3,(H2,22,23,24);1H. The first-order chi connectivity index (χ1) is 12.6. The maximum absolute atomic E-state index is 12.5. The predicted molar refractivity (Wildman–Crippen MR) is 119 cm³/mol. The third-order valence-electron chi connectivity index (χ3n) is 5.63. The lowest BCUT2D eigenvalue weighted by atomic mass is 9.94. The minimum absolute atomic E-state index is 0. The molecule has 0 aromatic carbocycles. The molecular formula is C19H38F2IN5. The molecule has 2 rings (SSSR count). The van der Waals surface area contributed by atoms with E-state index < -0.39 is 6.43 Å². The summed E-state index contributed by atoms with van der Waals surface area (Å²) >= 11 is 0. The van der Waals surface area contributed by atoms with Crippen LogP contribution >= 0.6 is 24.0 Å². The molecule has 0 amide bonds. The van der Waals surface area contributed by atoms with E-state index in [1.165, 1.54) is 25.9 Å². The van der Waals surface area contributed by atoms with Crippen molar-refractivity contribution in [3.63, 3.8) is 0 Å². The Balaban J connectivity index is 0.00000364. The van der Waals surface area contributed by atoms with Gasteiger partial charge in [-0.1, -0.05) is 6.92 Å². The molecule has 0 atom stereocenters. The molecule has 2 aliphatic heterocycles. The van der Waals surface area contributed by atoms with Crippen molar-refractivity contribution in [1.82, 2.24) is 20.4 Å². The fraction of sp³-hybridized carbons (Fsp3) is 0.947. The van der Waals surface area contributed by atoms with E-state index in [2.05, 4.69) is 29.4 Å². The number of rotatable bonds is 8. The molecule has 160 valence electrons. The van der Waals surface area contributed by atoms with Crippen molar-refractivity contribution in [2.24, 2.45) is 10.9 Å². The van der Waals surface area contributed by atoms with Crippen molar-refractivity contribution in [3.8, 4) is 0 Å². The van der Waals surface area contributed by atoms with Crippen molar-refractivity contribution < 1.29 is 8.78 Å². The van der Waals surface area contributed by atoms with E-state index in [-0.39, 0.29) is 30.5 Å². The van der Waals surface area contributed by atoms with Crippen LogP contribution < -0.4 is 10.6 Å². The molecule has 2 saturated heterocycles. The third-order valence-corrected chi connectivity index (χ3v) is 5.63. The monoisotopic (exact) mass is 501 g/mol. The SMILES string of the molecule is CCNC(=NCCC1CCN(CC)CC1)NC1CCN(CC(F)F)CC1.I. The fourth-order valence-corrected chi connectivity index (χ4v) is 3.92. The van der Waals surface area contributed by atoms with Crippen LogP contribution in [0.2, 0.25) is 0 Å². The first-order valence-corrected chi connectivity index (χ1v) is 10.4. The lowest BCUT2D eigenvalue weighted by Gasteiger charge is -2.33. The largest absolute Gasteiger partial charge is 0.357 e. The second-order valence-corrected chi connectivity index (χ2v) is 7.54.